The first-order chi connectivity index (χ1) is 12.5. The Bertz CT molecular complexity index is 823. The summed E-state index contributed by atoms with van der Waals surface area (Å²) < 4.78 is 18.5. The molecule has 2 aromatic rings. The van der Waals surface area contributed by atoms with Crippen LogP contribution in [0, 0.1) is 12.7 Å². The minimum Gasteiger partial charge on any atom is -0.497 e. The van der Waals surface area contributed by atoms with Crippen molar-refractivity contribution in [3.8, 4) is 5.75 Å². The number of aryl methyl sites for hydroxylation is 1. The van der Waals surface area contributed by atoms with E-state index in [1.54, 1.807) is 55.3 Å². The minimum absolute atomic E-state index is 0.208. The Morgan fingerprint density at radius 2 is 1.96 bits per heavy atom. The zero-order valence-corrected chi connectivity index (χ0v) is 14.6. The maximum absolute atomic E-state index is 13.4. The fourth-order valence-corrected chi connectivity index (χ4v) is 2.87. The van der Waals surface area contributed by atoms with Crippen LogP contribution in [0.1, 0.15) is 12.0 Å². The molecule has 1 fully saturated rings. The van der Waals surface area contributed by atoms with Crippen molar-refractivity contribution >= 4 is 23.3 Å². The van der Waals surface area contributed by atoms with Crippen molar-refractivity contribution in [2.75, 3.05) is 23.9 Å². The third-order valence-corrected chi connectivity index (χ3v) is 4.31. The van der Waals surface area contributed by atoms with Crippen molar-refractivity contribution in [1.29, 1.82) is 0 Å². The average molecular weight is 357 g/mol. The topological polar surface area (TPSA) is 70.7 Å². The number of anilines is 2. The smallest absolute Gasteiger partial charge is 0.319 e. The number of carbonyl (C=O) groups excluding carboxylic acids is 2. The van der Waals surface area contributed by atoms with Crippen molar-refractivity contribution in [2.45, 2.75) is 19.4 Å². The number of rotatable bonds is 4. The Morgan fingerprint density at radius 1 is 1.23 bits per heavy atom. The molecule has 0 bridgehead atoms. The van der Waals surface area contributed by atoms with Gasteiger partial charge in [-0.3, -0.25) is 4.79 Å². The lowest BCUT2D eigenvalue weighted by Crippen LogP contribution is -2.43. The summed E-state index contributed by atoms with van der Waals surface area (Å²) in [6.45, 7) is 2.12. The molecule has 3 rings (SSSR count). The zero-order valence-electron chi connectivity index (χ0n) is 14.6. The lowest BCUT2D eigenvalue weighted by atomic mass is 10.2. The van der Waals surface area contributed by atoms with Gasteiger partial charge in [-0.05, 0) is 61.4 Å². The van der Waals surface area contributed by atoms with Crippen LogP contribution < -0.4 is 20.3 Å². The van der Waals surface area contributed by atoms with Crippen LogP contribution in [-0.2, 0) is 4.79 Å². The van der Waals surface area contributed by atoms with Gasteiger partial charge in [0.1, 0.15) is 17.6 Å². The van der Waals surface area contributed by atoms with Crippen LogP contribution >= 0.6 is 0 Å². The monoisotopic (exact) mass is 357 g/mol. The SMILES string of the molecule is COc1ccc(NC(=O)N[C@H]2CCN(c3ccc(F)c(C)c3)C2=O)cc1. The lowest BCUT2D eigenvalue weighted by molar-refractivity contribution is -0.118. The predicted molar refractivity (Wildman–Crippen MR) is 97.0 cm³/mol. The Balaban J connectivity index is 1.60. The van der Waals surface area contributed by atoms with E-state index < -0.39 is 12.1 Å². The summed E-state index contributed by atoms with van der Waals surface area (Å²) in [6.07, 6.45) is 0.491. The Hall–Kier alpha value is -3.09. The van der Waals surface area contributed by atoms with Crippen molar-refractivity contribution in [2.24, 2.45) is 0 Å². The molecule has 0 spiro atoms. The summed E-state index contributed by atoms with van der Waals surface area (Å²) in [5.41, 5.74) is 1.71. The van der Waals surface area contributed by atoms with Gasteiger partial charge in [0.15, 0.2) is 0 Å². The summed E-state index contributed by atoms with van der Waals surface area (Å²) in [4.78, 5) is 26.2. The number of hydrogen-bond acceptors (Lipinski definition) is 3. The zero-order chi connectivity index (χ0) is 18.7. The molecule has 0 radical (unpaired) electrons. The molecule has 1 atom stereocenters. The molecule has 1 heterocycles. The summed E-state index contributed by atoms with van der Waals surface area (Å²) in [7, 11) is 1.56. The first kappa shape index (κ1) is 17.7. The molecular weight excluding hydrogens is 337 g/mol. The second-order valence-electron chi connectivity index (χ2n) is 6.09. The highest BCUT2D eigenvalue weighted by molar-refractivity contribution is 6.02. The van der Waals surface area contributed by atoms with E-state index >= 15 is 0 Å². The van der Waals surface area contributed by atoms with Gasteiger partial charge in [0.05, 0.1) is 7.11 Å². The molecule has 26 heavy (non-hydrogen) atoms. The standard InChI is InChI=1S/C19H20FN3O3/c1-12-11-14(5-8-16(12)20)23-10-9-17(18(23)24)22-19(25)21-13-3-6-15(26-2)7-4-13/h3-8,11,17H,9-10H2,1-2H3,(H2,21,22,25)/t17-/m0/s1. The van der Waals surface area contributed by atoms with Gasteiger partial charge in [-0.1, -0.05) is 0 Å². The summed E-state index contributed by atoms with van der Waals surface area (Å²) in [5, 5.41) is 5.37. The lowest BCUT2D eigenvalue weighted by Gasteiger charge is -2.18. The van der Waals surface area contributed by atoms with Crippen LogP contribution in [0.3, 0.4) is 0 Å². The van der Waals surface area contributed by atoms with E-state index in [2.05, 4.69) is 10.6 Å². The molecule has 2 aromatic carbocycles. The Morgan fingerprint density at radius 3 is 2.62 bits per heavy atom. The van der Waals surface area contributed by atoms with E-state index in [1.165, 1.54) is 6.07 Å². The van der Waals surface area contributed by atoms with Crippen LogP contribution in [-0.4, -0.2) is 31.6 Å². The predicted octanol–water partition coefficient (Wildman–Crippen LogP) is 3.07. The average Bonchev–Trinajstić information content (AvgIpc) is 2.98. The van der Waals surface area contributed by atoms with Crippen LogP contribution in [0.5, 0.6) is 5.75 Å². The fraction of sp³-hybridized carbons (Fsp3) is 0.263. The van der Waals surface area contributed by atoms with Crippen LogP contribution in [0.4, 0.5) is 20.6 Å². The van der Waals surface area contributed by atoms with E-state index in [1.807, 2.05) is 0 Å². The van der Waals surface area contributed by atoms with Gasteiger partial charge in [-0.25, -0.2) is 9.18 Å². The van der Waals surface area contributed by atoms with Gasteiger partial charge in [0.2, 0.25) is 5.91 Å². The molecule has 136 valence electrons. The van der Waals surface area contributed by atoms with Crippen molar-refractivity contribution in [3.05, 3.63) is 53.8 Å². The first-order valence-electron chi connectivity index (χ1n) is 8.27. The second kappa shape index (κ2) is 7.43. The van der Waals surface area contributed by atoms with E-state index in [0.29, 0.717) is 35.7 Å². The molecule has 6 nitrogen and oxygen atoms in total. The number of amides is 3. The van der Waals surface area contributed by atoms with Crippen molar-refractivity contribution < 1.29 is 18.7 Å². The minimum atomic E-state index is -0.612. The highest BCUT2D eigenvalue weighted by atomic mass is 19.1. The fourth-order valence-electron chi connectivity index (χ4n) is 2.87. The highest BCUT2D eigenvalue weighted by Crippen LogP contribution is 2.24. The molecule has 0 saturated carbocycles. The van der Waals surface area contributed by atoms with Gasteiger partial charge in [0.25, 0.3) is 0 Å². The second-order valence-corrected chi connectivity index (χ2v) is 6.09. The molecule has 3 amide bonds. The number of halogens is 1. The summed E-state index contributed by atoms with van der Waals surface area (Å²) >= 11 is 0. The number of benzene rings is 2. The molecule has 0 unspecified atom stereocenters. The highest BCUT2D eigenvalue weighted by Gasteiger charge is 2.33. The maximum Gasteiger partial charge on any atom is 0.319 e. The number of nitrogens with one attached hydrogen (secondary N) is 2. The van der Waals surface area contributed by atoms with Crippen LogP contribution in [0.2, 0.25) is 0 Å². The summed E-state index contributed by atoms with van der Waals surface area (Å²) in [6, 6.07) is 10.4. The van der Waals surface area contributed by atoms with E-state index in [0.717, 1.165) is 0 Å². The van der Waals surface area contributed by atoms with Gasteiger partial charge in [-0.15, -0.1) is 0 Å². The third-order valence-electron chi connectivity index (χ3n) is 4.31. The molecular formula is C19H20FN3O3. The maximum atomic E-state index is 13.4. The van der Waals surface area contributed by atoms with Crippen LogP contribution in [0.15, 0.2) is 42.5 Å². The van der Waals surface area contributed by atoms with Gasteiger partial charge < -0.3 is 20.3 Å². The largest absolute Gasteiger partial charge is 0.497 e. The molecule has 7 heteroatoms. The van der Waals surface area contributed by atoms with Gasteiger partial charge in [0, 0.05) is 17.9 Å². The van der Waals surface area contributed by atoms with Crippen molar-refractivity contribution in [1.82, 2.24) is 5.32 Å². The van der Waals surface area contributed by atoms with Crippen LogP contribution in [0.25, 0.3) is 0 Å². The Labute approximate surface area is 150 Å². The Kier molecular flexibility index (Phi) is 5.06. The normalized spacial score (nSPS) is 16.5. The quantitative estimate of drug-likeness (QED) is 0.883. The molecule has 0 aromatic heterocycles. The number of carbonyl (C=O) groups is 2. The van der Waals surface area contributed by atoms with E-state index in [9.17, 15) is 14.0 Å². The van der Waals surface area contributed by atoms with Crippen molar-refractivity contribution in [3.63, 3.8) is 0 Å². The molecule has 2 N–H and O–H groups in total. The summed E-state index contributed by atoms with van der Waals surface area (Å²) in [5.74, 6) is 0.169. The number of methoxy groups -OCH3 is 1. The third kappa shape index (κ3) is 3.77. The number of hydrogen-bond donors (Lipinski definition) is 2. The van der Waals surface area contributed by atoms with Gasteiger partial charge in [-0.2, -0.15) is 0 Å². The molecule has 1 aliphatic heterocycles. The number of urea groups is 1. The molecule has 0 aliphatic carbocycles. The number of ether oxygens (including phenoxy) is 1. The van der Waals surface area contributed by atoms with E-state index in [-0.39, 0.29) is 11.7 Å². The molecule has 1 saturated heterocycles. The number of nitrogens with zero attached hydrogens (tertiary/aromatic N) is 1. The van der Waals surface area contributed by atoms with Gasteiger partial charge >= 0.3 is 6.03 Å². The molecule has 1 aliphatic rings. The van der Waals surface area contributed by atoms with E-state index in [4.69, 9.17) is 4.74 Å². The first-order valence-corrected chi connectivity index (χ1v) is 8.27.